The molecule has 1 aliphatic heterocycles. The van der Waals surface area contributed by atoms with E-state index < -0.39 is 11.6 Å². The van der Waals surface area contributed by atoms with E-state index >= 15 is 0 Å². The van der Waals surface area contributed by atoms with Gasteiger partial charge in [0.2, 0.25) is 0 Å². The zero-order chi connectivity index (χ0) is 20.9. The van der Waals surface area contributed by atoms with Gasteiger partial charge < -0.3 is 18.8 Å². The molecule has 30 heavy (non-hydrogen) atoms. The SMILES string of the molecule is CCc1ccc2c(COC(=O)c3ccc(C[NH+]4CCOCC4)cc3)cc(=O)oc2c1. The second kappa shape index (κ2) is 9.24. The second-order valence-electron chi connectivity index (χ2n) is 7.59. The Morgan fingerprint density at radius 3 is 2.50 bits per heavy atom. The Hall–Kier alpha value is -2.96. The first-order chi connectivity index (χ1) is 14.6. The van der Waals surface area contributed by atoms with Crippen LogP contribution in [-0.2, 0) is 29.0 Å². The number of hydrogen-bond donors (Lipinski definition) is 1. The average Bonchev–Trinajstić information content (AvgIpc) is 2.78. The third-order valence-corrected chi connectivity index (χ3v) is 5.51. The highest BCUT2D eigenvalue weighted by Crippen LogP contribution is 2.20. The van der Waals surface area contributed by atoms with Gasteiger partial charge in [-0.25, -0.2) is 9.59 Å². The molecule has 6 heteroatoms. The minimum atomic E-state index is -0.447. The Morgan fingerprint density at radius 2 is 1.77 bits per heavy atom. The van der Waals surface area contributed by atoms with Crippen molar-refractivity contribution in [2.24, 2.45) is 0 Å². The van der Waals surface area contributed by atoms with E-state index in [-0.39, 0.29) is 6.61 Å². The molecule has 0 spiro atoms. The maximum absolute atomic E-state index is 12.5. The van der Waals surface area contributed by atoms with Gasteiger partial charge in [-0.2, -0.15) is 0 Å². The minimum Gasteiger partial charge on any atom is -0.457 e. The highest BCUT2D eigenvalue weighted by molar-refractivity contribution is 5.89. The predicted molar refractivity (Wildman–Crippen MR) is 113 cm³/mol. The molecule has 2 heterocycles. The van der Waals surface area contributed by atoms with E-state index in [1.54, 1.807) is 12.1 Å². The molecular weight excluding hydrogens is 382 g/mol. The molecule has 0 atom stereocenters. The summed E-state index contributed by atoms with van der Waals surface area (Å²) in [6.07, 6.45) is 0.849. The van der Waals surface area contributed by atoms with E-state index in [1.807, 2.05) is 37.3 Å². The Kier molecular flexibility index (Phi) is 6.26. The zero-order valence-electron chi connectivity index (χ0n) is 17.1. The van der Waals surface area contributed by atoms with Crippen LogP contribution in [0.1, 0.15) is 34.0 Å². The molecule has 4 rings (SSSR count). The van der Waals surface area contributed by atoms with Crippen molar-refractivity contribution >= 4 is 16.9 Å². The molecular formula is C24H26NO5+. The lowest BCUT2D eigenvalue weighted by atomic mass is 10.1. The fourth-order valence-electron chi connectivity index (χ4n) is 3.72. The van der Waals surface area contributed by atoms with Gasteiger partial charge in [-0.15, -0.1) is 0 Å². The highest BCUT2D eigenvalue weighted by Gasteiger charge is 2.15. The fourth-order valence-corrected chi connectivity index (χ4v) is 3.72. The van der Waals surface area contributed by atoms with Gasteiger partial charge in [0.05, 0.1) is 18.8 Å². The molecule has 0 aliphatic carbocycles. The number of hydrogen-bond acceptors (Lipinski definition) is 5. The van der Waals surface area contributed by atoms with Crippen molar-refractivity contribution in [3.05, 3.63) is 81.2 Å². The Balaban J connectivity index is 1.42. The Labute approximate surface area is 175 Å². The fraction of sp³-hybridized carbons (Fsp3) is 0.333. The van der Waals surface area contributed by atoms with Gasteiger partial charge in [-0.05, 0) is 30.2 Å². The summed E-state index contributed by atoms with van der Waals surface area (Å²) in [5, 5.41) is 0.781. The number of quaternary nitrogens is 1. The summed E-state index contributed by atoms with van der Waals surface area (Å²) in [6, 6.07) is 14.7. The number of morpholine rings is 1. The van der Waals surface area contributed by atoms with Crippen LogP contribution in [0.15, 0.2) is 57.7 Å². The summed E-state index contributed by atoms with van der Waals surface area (Å²) in [7, 11) is 0. The van der Waals surface area contributed by atoms with Crippen LogP contribution < -0.4 is 10.5 Å². The van der Waals surface area contributed by atoms with Gasteiger partial charge in [0.25, 0.3) is 0 Å². The van der Waals surface area contributed by atoms with E-state index in [2.05, 4.69) is 0 Å². The van der Waals surface area contributed by atoms with E-state index in [1.165, 1.54) is 16.5 Å². The molecule has 156 valence electrons. The molecule has 1 fully saturated rings. The number of nitrogens with one attached hydrogen (secondary N) is 1. The molecule has 0 amide bonds. The van der Waals surface area contributed by atoms with Crippen molar-refractivity contribution in [1.29, 1.82) is 0 Å². The van der Waals surface area contributed by atoms with E-state index in [9.17, 15) is 9.59 Å². The van der Waals surface area contributed by atoms with Crippen molar-refractivity contribution in [2.45, 2.75) is 26.5 Å². The Morgan fingerprint density at radius 1 is 1.03 bits per heavy atom. The van der Waals surface area contributed by atoms with Gasteiger partial charge in [-0.1, -0.05) is 31.2 Å². The molecule has 0 bridgehead atoms. The van der Waals surface area contributed by atoms with Crippen LogP contribution in [0.25, 0.3) is 11.0 Å². The number of fused-ring (bicyclic) bond motifs is 1. The van der Waals surface area contributed by atoms with Crippen LogP contribution >= 0.6 is 0 Å². The van der Waals surface area contributed by atoms with Crippen molar-refractivity contribution in [1.82, 2.24) is 0 Å². The summed E-state index contributed by atoms with van der Waals surface area (Å²) in [5.41, 5.74) is 3.47. The topological polar surface area (TPSA) is 70.2 Å². The normalized spacial score (nSPS) is 14.7. The molecule has 0 saturated carbocycles. The molecule has 6 nitrogen and oxygen atoms in total. The summed E-state index contributed by atoms with van der Waals surface area (Å²) in [5.74, 6) is -0.410. The van der Waals surface area contributed by atoms with Crippen LogP contribution in [-0.4, -0.2) is 32.3 Å². The third kappa shape index (κ3) is 4.78. The van der Waals surface area contributed by atoms with Crippen molar-refractivity contribution in [3.63, 3.8) is 0 Å². The monoisotopic (exact) mass is 408 g/mol. The summed E-state index contributed by atoms with van der Waals surface area (Å²) in [6.45, 7) is 6.58. The summed E-state index contributed by atoms with van der Waals surface area (Å²) in [4.78, 5) is 25.9. The second-order valence-corrected chi connectivity index (χ2v) is 7.59. The number of benzene rings is 2. The molecule has 1 saturated heterocycles. The lowest BCUT2D eigenvalue weighted by Crippen LogP contribution is -3.12. The van der Waals surface area contributed by atoms with Gasteiger partial charge in [0.1, 0.15) is 31.8 Å². The molecule has 2 aromatic carbocycles. The number of rotatable bonds is 6. The van der Waals surface area contributed by atoms with Crippen LogP contribution in [0.4, 0.5) is 0 Å². The lowest BCUT2D eigenvalue weighted by Gasteiger charge is -2.23. The van der Waals surface area contributed by atoms with Crippen molar-refractivity contribution in [3.8, 4) is 0 Å². The van der Waals surface area contributed by atoms with E-state index in [0.29, 0.717) is 16.7 Å². The quantitative estimate of drug-likeness (QED) is 0.500. The number of carbonyl (C=O) groups is 1. The highest BCUT2D eigenvalue weighted by atomic mass is 16.5. The van der Waals surface area contributed by atoms with Crippen molar-refractivity contribution in [2.75, 3.05) is 26.3 Å². The van der Waals surface area contributed by atoms with Crippen LogP contribution in [0.3, 0.4) is 0 Å². The molecule has 1 N–H and O–H groups in total. The maximum Gasteiger partial charge on any atom is 0.338 e. The minimum absolute atomic E-state index is 0.0199. The van der Waals surface area contributed by atoms with Crippen LogP contribution in [0.2, 0.25) is 0 Å². The maximum atomic E-state index is 12.5. The van der Waals surface area contributed by atoms with Gasteiger partial charge >= 0.3 is 11.6 Å². The predicted octanol–water partition coefficient (Wildman–Crippen LogP) is 2.13. The largest absolute Gasteiger partial charge is 0.457 e. The van der Waals surface area contributed by atoms with Gasteiger partial charge in [-0.3, -0.25) is 0 Å². The third-order valence-electron chi connectivity index (χ3n) is 5.51. The van der Waals surface area contributed by atoms with E-state index in [0.717, 1.165) is 50.2 Å². The first kappa shape index (κ1) is 20.3. The lowest BCUT2D eigenvalue weighted by molar-refractivity contribution is -0.921. The summed E-state index contributed by atoms with van der Waals surface area (Å²) < 4.78 is 16.2. The molecule has 0 unspecified atom stereocenters. The van der Waals surface area contributed by atoms with Gasteiger partial charge in [0.15, 0.2) is 0 Å². The Bertz CT molecular complexity index is 1080. The van der Waals surface area contributed by atoms with Crippen LogP contribution in [0.5, 0.6) is 0 Å². The standard InChI is InChI=1S/C24H25NO5/c1-2-17-5-8-21-20(14-23(26)30-22(21)13-17)16-29-24(27)19-6-3-18(4-7-19)15-25-9-11-28-12-10-25/h3-8,13-14H,2,9-12,15-16H2,1H3/p+1. The summed E-state index contributed by atoms with van der Waals surface area (Å²) >= 11 is 0. The number of esters is 1. The smallest absolute Gasteiger partial charge is 0.338 e. The molecule has 0 radical (unpaired) electrons. The number of aryl methyl sites for hydroxylation is 1. The zero-order valence-corrected chi connectivity index (χ0v) is 17.1. The number of ether oxygens (including phenoxy) is 2. The molecule has 3 aromatic rings. The van der Waals surface area contributed by atoms with Crippen LogP contribution in [0, 0.1) is 0 Å². The van der Waals surface area contributed by atoms with Crippen molar-refractivity contribution < 1.29 is 23.6 Å². The van der Waals surface area contributed by atoms with Gasteiger partial charge in [0, 0.05) is 22.6 Å². The first-order valence-corrected chi connectivity index (χ1v) is 10.4. The first-order valence-electron chi connectivity index (χ1n) is 10.4. The molecule has 1 aromatic heterocycles. The average molecular weight is 408 g/mol. The number of carbonyl (C=O) groups excluding carboxylic acids is 1. The molecule has 1 aliphatic rings. The van der Waals surface area contributed by atoms with E-state index in [4.69, 9.17) is 13.9 Å².